The summed E-state index contributed by atoms with van der Waals surface area (Å²) in [5.41, 5.74) is 1.09. The number of piperazine rings is 1. The summed E-state index contributed by atoms with van der Waals surface area (Å²) in [4.78, 5) is 16.8. The fourth-order valence-corrected chi connectivity index (χ4v) is 3.25. The molecule has 1 saturated heterocycles. The summed E-state index contributed by atoms with van der Waals surface area (Å²) < 4.78 is 0. The van der Waals surface area contributed by atoms with Gasteiger partial charge < -0.3 is 4.90 Å². The van der Waals surface area contributed by atoms with Crippen molar-refractivity contribution in [2.75, 3.05) is 26.2 Å². The number of nitrogens with zero attached hydrogens (tertiary/aromatic N) is 2. The van der Waals surface area contributed by atoms with Crippen molar-refractivity contribution >= 4 is 16.7 Å². The van der Waals surface area contributed by atoms with Crippen LogP contribution >= 0.6 is 0 Å². The lowest BCUT2D eigenvalue weighted by atomic mass is 9.94. The first-order chi connectivity index (χ1) is 10.9. The van der Waals surface area contributed by atoms with Gasteiger partial charge in [-0.2, -0.15) is 0 Å². The van der Waals surface area contributed by atoms with Crippen molar-refractivity contribution in [3.8, 4) is 0 Å². The molecular formula is C20H26N2O. The largest absolute Gasteiger partial charge is 0.340 e. The molecule has 0 atom stereocenters. The number of hydrogen-bond donors (Lipinski definition) is 0. The van der Waals surface area contributed by atoms with E-state index < -0.39 is 0 Å². The molecule has 1 heterocycles. The molecule has 0 unspecified atom stereocenters. The van der Waals surface area contributed by atoms with E-state index in [9.17, 15) is 4.79 Å². The monoisotopic (exact) mass is 310 g/mol. The van der Waals surface area contributed by atoms with Crippen molar-refractivity contribution in [3.63, 3.8) is 0 Å². The number of fused-ring (bicyclic) bond motifs is 1. The summed E-state index contributed by atoms with van der Waals surface area (Å²) in [6.07, 6.45) is 0. The molecule has 1 amide bonds. The number of rotatable bonds is 2. The molecule has 0 radical (unpaired) electrons. The van der Waals surface area contributed by atoms with Crippen molar-refractivity contribution in [1.82, 2.24) is 9.80 Å². The molecule has 0 spiro atoms. The summed E-state index contributed by atoms with van der Waals surface area (Å²) in [7, 11) is 0. The van der Waals surface area contributed by atoms with E-state index in [1.165, 1.54) is 16.3 Å². The van der Waals surface area contributed by atoms with Crippen LogP contribution in [0.5, 0.6) is 0 Å². The number of benzene rings is 2. The van der Waals surface area contributed by atoms with Gasteiger partial charge in [-0.15, -0.1) is 0 Å². The van der Waals surface area contributed by atoms with E-state index in [1.54, 1.807) is 0 Å². The Morgan fingerprint density at radius 2 is 1.61 bits per heavy atom. The maximum atomic E-state index is 12.4. The van der Waals surface area contributed by atoms with Gasteiger partial charge >= 0.3 is 0 Å². The van der Waals surface area contributed by atoms with Crippen LogP contribution in [0.4, 0.5) is 0 Å². The van der Waals surface area contributed by atoms with Gasteiger partial charge in [0.1, 0.15) is 0 Å². The predicted molar refractivity (Wildman–Crippen MR) is 95.3 cm³/mol. The third-order valence-electron chi connectivity index (χ3n) is 4.57. The normalized spacial score (nSPS) is 16.7. The highest BCUT2D eigenvalue weighted by Gasteiger charge is 2.29. The van der Waals surface area contributed by atoms with Gasteiger partial charge in [-0.05, 0) is 16.3 Å². The molecule has 0 saturated carbocycles. The van der Waals surface area contributed by atoms with Crippen LogP contribution < -0.4 is 0 Å². The zero-order chi connectivity index (χ0) is 16.4. The van der Waals surface area contributed by atoms with Crippen LogP contribution in [-0.2, 0) is 11.3 Å². The van der Waals surface area contributed by atoms with Crippen LogP contribution in [0.2, 0.25) is 0 Å². The second-order valence-corrected chi connectivity index (χ2v) is 7.46. The average Bonchev–Trinajstić information content (AvgIpc) is 2.54. The Labute approximate surface area is 138 Å². The second kappa shape index (κ2) is 6.32. The fraction of sp³-hybridized carbons (Fsp3) is 0.450. The first-order valence-corrected chi connectivity index (χ1v) is 8.43. The topological polar surface area (TPSA) is 23.6 Å². The maximum Gasteiger partial charge on any atom is 0.228 e. The molecular weight excluding hydrogens is 284 g/mol. The number of carbonyl (C=O) groups excluding carboxylic acids is 1. The Morgan fingerprint density at radius 1 is 0.957 bits per heavy atom. The minimum atomic E-state index is -0.280. The smallest absolute Gasteiger partial charge is 0.228 e. The van der Waals surface area contributed by atoms with E-state index in [2.05, 4.69) is 47.4 Å². The first kappa shape index (κ1) is 16.0. The highest BCUT2D eigenvalue weighted by atomic mass is 16.2. The zero-order valence-electron chi connectivity index (χ0n) is 14.4. The third kappa shape index (κ3) is 3.56. The molecule has 3 rings (SSSR count). The molecule has 0 aromatic heterocycles. The SMILES string of the molecule is CC(C)(C)C(=O)N1CCN(Cc2cccc3ccccc23)CC1. The second-order valence-electron chi connectivity index (χ2n) is 7.46. The van der Waals surface area contributed by atoms with Crippen molar-refractivity contribution in [1.29, 1.82) is 0 Å². The van der Waals surface area contributed by atoms with Gasteiger partial charge in [-0.3, -0.25) is 9.69 Å². The van der Waals surface area contributed by atoms with Crippen LogP contribution in [0.1, 0.15) is 26.3 Å². The fourth-order valence-electron chi connectivity index (χ4n) is 3.25. The number of amides is 1. The van der Waals surface area contributed by atoms with Gasteiger partial charge in [0.15, 0.2) is 0 Å². The predicted octanol–water partition coefficient (Wildman–Crippen LogP) is 3.53. The van der Waals surface area contributed by atoms with E-state index in [-0.39, 0.29) is 11.3 Å². The van der Waals surface area contributed by atoms with Crippen LogP contribution in [0.25, 0.3) is 10.8 Å². The van der Waals surface area contributed by atoms with Gasteiger partial charge in [0.25, 0.3) is 0 Å². The molecule has 0 bridgehead atoms. The van der Waals surface area contributed by atoms with E-state index in [1.807, 2.05) is 25.7 Å². The van der Waals surface area contributed by atoms with Crippen LogP contribution in [-0.4, -0.2) is 41.9 Å². The third-order valence-corrected chi connectivity index (χ3v) is 4.57. The average molecular weight is 310 g/mol. The molecule has 122 valence electrons. The lowest BCUT2D eigenvalue weighted by Crippen LogP contribution is -2.51. The van der Waals surface area contributed by atoms with E-state index >= 15 is 0 Å². The Morgan fingerprint density at radius 3 is 2.30 bits per heavy atom. The Bertz CT molecular complexity index is 689. The molecule has 2 aromatic carbocycles. The first-order valence-electron chi connectivity index (χ1n) is 8.43. The number of carbonyl (C=O) groups is 1. The summed E-state index contributed by atoms with van der Waals surface area (Å²) in [5, 5.41) is 2.63. The lowest BCUT2D eigenvalue weighted by Gasteiger charge is -2.37. The molecule has 0 aliphatic carbocycles. The van der Waals surface area contributed by atoms with Gasteiger partial charge in [-0.25, -0.2) is 0 Å². The van der Waals surface area contributed by atoms with E-state index in [0.29, 0.717) is 0 Å². The molecule has 23 heavy (non-hydrogen) atoms. The Kier molecular flexibility index (Phi) is 4.40. The van der Waals surface area contributed by atoms with Crippen molar-refractivity contribution in [2.24, 2.45) is 5.41 Å². The maximum absolute atomic E-state index is 12.4. The van der Waals surface area contributed by atoms with Gasteiger partial charge in [0.2, 0.25) is 5.91 Å². The van der Waals surface area contributed by atoms with Crippen LogP contribution in [0, 0.1) is 5.41 Å². The molecule has 1 aliphatic heterocycles. The molecule has 1 aliphatic rings. The summed E-state index contributed by atoms with van der Waals surface area (Å²) in [5.74, 6) is 0.266. The van der Waals surface area contributed by atoms with Crippen LogP contribution in [0.15, 0.2) is 42.5 Å². The molecule has 3 nitrogen and oxygen atoms in total. The van der Waals surface area contributed by atoms with Gasteiger partial charge in [0, 0.05) is 38.1 Å². The molecule has 1 fully saturated rings. The van der Waals surface area contributed by atoms with Crippen LogP contribution in [0.3, 0.4) is 0 Å². The van der Waals surface area contributed by atoms with E-state index in [0.717, 1.165) is 32.7 Å². The molecule has 0 N–H and O–H groups in total. The minimum Gasteiger partial charge on any atom is -0.340 e. The van der Waals surface area contributed by atoms with E-state index in [4.69, 9.17) is 0 Å². The standard InChI is InChI=1S/C20H26N2O/c1-20(2,3)19(23)22-13-11-21(12-14-22)15-17-9-6-8-16-7-4-5-10-18(16)17/h4-10H,11-15H2,1-3H3. The Balaban J connectivity index is 1.66. The molecule has 2 aromatic rings. The Hall–Kier alpha value is -1.87. The lowest BCUT2D eigenvalue weighted by molar-refractivity contribution is -0.141. The van der Waals surface area contributed by atoms with Gasteiger partial charge in [0.05, 0.1) is 0 Å². The highest BCUT2D eigenvalue weighted by molar-refractivity contribution is 5.85. The minimum absolute atomic E-state index is 0.266. The van der Waals surface area contributed by atoms with Crippen molar-refractivity contribution in [2.45, 2.75) is 27.3 Å². The molecule has 3 heteroatoms. The van der Waals surface area contributed by atoms with Gasteiger partial charge in [-0.1, -0.05) is 63.2 Å². The summed E-state index contributed by atoms with van der Waals surface area (Å²) in [6.45, 7) is 10.5. The van der Waals surface area contributed by atoms with Crippen molar-refractivity contribution < 1.29 is 4.79 Å². The highest BCUT2D eigenvalue weighted by Crippen LogP contribution is 2.22. The summed E-state index contributed by atoms with van der Waals surface area (Å²) >= 11 is 0. The summed E-state index contributed by atoms with van der Waals surface area (Å²) in [6, 6.07) is 15.1. The van der Waals surface area contributed by atoms with Crippen molar-refractivity contribution in [3.05, 3.63) is 48.0 Å². The zero-order valence-corrected chi connectivity index (χ0v) is 14.4. The number of hydrogen-bond acceptors (Lipinski definition) is 2. The quantitative estimate of drug-likeness (QED) is 0.847.